The summed E-state index contributed by atoms with van der Waals surface area (Å²) >= 11 is 6.13. The van der Waals surface area contributed by atoms with Gasteiger partial charge in [-0.2, -0.15) is 0 Å². The Balaban J connectivity index is 1.49. The number of carbonyl (C=O) groups is 2. The van der Waals surface area contributed by atoms with E-state index in [1.165, 1.54) is 4.57 Å². The highest BCUT2D eigenvalue weighted by molar-refractivity contribution is 6.30. The summed E-state index contributed by atoms with van der Waals surface area (Å²) < 4.78 is 1.44. The van der Waals surface area contributed by atoms with E-state index in [9.17, 15) is 14.4 Å². The van der Waals surface area contributed by atoms with Gasteiger partial charge in [-0.3, -0.25) is 19.0 Å². The van der Waals surface area contributed by atoms with Crippen molar-refractivity contribution < 1.29 is 9.59 Å². The Kier molecular flexibility index (Phi) is 5.77. The lowest BCUT2D eigenvalue weighted by Crippen LogP contribution is -2.50. The third kappa shape index (κ3) is 4.07. The van der Waals surface area contributed by atoms with Crippen LogP contribution in [0.1, 0.15) is 39.1 Å². The first kappa shape index (κ1) is 21.5. The first-order valence-electron chi connectivity index (χ1n) is 11.2. The lowest BCUT2D eigenvalue weighted by Gasteiger charge is -2.36. The van der Waals surface area contributed by atoms with Gasteiger partial charge in [0, 0.05) is 60.8 Å². The van der Waals surface area contributed by atoms with E-state index < -0.39 is 0 Å². The van der Waals surface area contributed by atoms with Gasteiger partial charge in [0.1, 0.15) is 5.56 Å². The number of Topliss-reactive ketones (excluding diaryl/α,β-unsaturated/α-hetero) is 1. The minimum Gasteiger partial charge on any atom is -0.368 e. The number of aromatic nitrogens is 1. The number of rotatable bonds is 3. The van der Waals surface area contributed by atoms with E-state index in [-0.39, 0.29) is 22.8 Å². The van der Waals surface area contributed by atoms with E-state index in [0.717, 1.165) is 5.69 Å². The smallest absolute Gasteiger partial charge is 0.268 e. The summed E-state index contributed by atoms with van der Waals surface area (Å²) in [5.74, 6) is -0.303. The molecule has 1 aliphatic heterocycles. The number of hydrogen-bond donors (Lipinski definition) is 0. The molecule has 0 radical (unpaired) electrons. The number of amides is 1. The van der Waals surface area contributed by atoms with Crippen LogP contribution in [0.15, 0.2) is 65.6 Å². The number of piperazine rings is 1. The van der Waals surface area contributed by atoms with Crippen molar-refractivity contribution in [3.63, 3.8) is 0 Å². The lowest BCUT2D eigenvalue weighted by atomic mass is 9.88. The maximum absolute atomic E-state index is 13.6. The normalized spacial score (nSPS) is 16.0. The Hall–Kier alpha value is -3.38. The highest BCUT2D eigenvalue weighted by Crippen LogP contribution is 2.26. The molecule has 1 fully saturated rings. The Labute approximate surface area is 197 Å². The number of fused-ring (bicyclic) bond motifs is 1. The molecule has 0 atom stereocenters. The first-order valence-corrected chi connectivity index (χ1v) is 11.6. The fourth-order valence-corrected chi connectivity index (χ4v) is 4.89. The zero-order chi connectivity index (χ0) is 22.9. The predicted octanol–water partition coefficient (Wildman–Crippen LogP) is 3.97. The topological polar surface area (TPSA) is 62.6 Å². The summed E-state index contributed by atoms with van der Waals surface area (Å²) in [6, 6.07) is 16.8. The summed E-state index contributed by atoms with van der Waals surface area (Å²) in [6.07, 6.45) is 3.27. The molecule has 7 heteroatoms. The molecular weight excluding hydrogens is 438 g/mol. The van der Waals surface area contributed by atoms with Crippen LogP contribution in [0.4, 0.5) is 5.69 Å². The van der Waals surface area contributed by atoms with Crippen LogP contribution in [0.5, 0.6) is 0 Å². The Morgan fingerprint density at radius 3 is 2.30 bits per heavy atom. The van der Waals surface area contributed by atoms with Crippen molar-refractivity contribution in [1.29, 1.82) is 0 Å². The molecule has 2 aromatic carbocycles. The second-order valence-corrected chi connectivity index (χ2v) is 8.88. The van der Waals surface area contributed by atoms with Crippen molar-refractivity contribution in [3.05, 3.63) is 92.9 Å². The van der Waals surface area contributed by atoms with Gasteiger partial charge >= 0.3 is 0 Å². The van der Waals surface area contributed by atoms with Gasteiger partial charge in [-0.25, -0.2) is 0 Å². The lowest BCUT2D eigenvalue weighted by molar-refractivity contribution is 0.0743. The van der Waals surface area contributed by atoms with Crippen LogP contribution < -0.4 is 10.5 Å². The van der Waals surface area contributed by atoms with Crippen LogP contribution in [0.2, 0.25) is 5.02 Å². The molecule has 0 saturated carbocycles. The van der Waals surface area contributed by atoms with Gasteiger partial charge < -0.3 is 9.80 Å². The van der Waals surface area contributed by atoms with E-state index in [4.69, 9.17) is 11.6 Å². The number of carbonyl (C=O) groups excluding carboxylic acids is 2. The van der Waals surface area contributed by atoms with Crippen LogP contribution in [-0.4, -0.2) is 47.3 Å². The van der Waals surface area contributed by atoms with Crippen molar-refractivity contribution in [2.45, 2.75) is 19.3 Å². The second kappa shape index (κ2) is 8.87. The number of pyridine rings is 1. The average molecular weight is 462 g/mol. The van der Waals surface area contributed by atoms with E-state index >= 15 is 0 Å². The van der Waals surface area contributed by atoms with E-state index in [1.807, 2.05) is 42.5 Å². The van der Waals surface area contributed by atoms with Gasteiger partial charge in [-0.15, -0.1) is 0 Å². The van der Waals surface area contributed by atoms with Crippen LogP contribution in [0.25, 0.3) is 5.69 Å². The van der Waals surface area contributed by atoms with Crippen molar-refractivity contribution >= 4 is 29.0 Å². The van der Waals surface area contributed by atoms with Crippen LogP contribution >= 0.6 is 11.6 Å². The van der Waals surface area contributed by atoms with E-state index in [2.05, 4.69) is 4.90 Å². The predicted molar refractivity (Wildman–Crippen MR) is 129 cm³/mol. The molecule has 168 valence electrons. The van der Waals surface area contributed by atoms with Crippen molar-refractivity contribution in [2.24, 2.45) is 0 Å². The van der Waals surface area contributed by atoms with Crippen molar-refractivity contribution in [2.75, 3.05) is 31.1 Å². The van der Waals surface area contributed by atoms with Gasteiger partial charge in [0.2, 0.25) is 0 Å². The Morgan fingerprint density at radius 2 is 1.58 bits per heavy atom. The molecule has 1 saturated heterocycles. The SMILES string of the molecule is O=C1CCCc2c1cn(-c1ccccc1)c(=O)c2C(=O)N1CCN(c2cccc(Cl)c2)CC1. The van der Waals surface area contributed by atoms with Gasteiger partial charge in [0.25, 0.3) is 11.5 Å². The highest BCUT2D eigenvalue weighted by Gasteiger charge is 2.31. The molecule has 33 heavy (non-hydrogen) atoms. The number of benzene rings is 2. The molecule has 3 aromatic rings. The molecule has 2 heterocycles. The van der Waals surface area contributed by atoms with Gasteiger partial charge in [-0.1, -0.05) is 35.9 Å². The molecule has 0 spiro atoms. The Morgan fingerprint density at radius 1 is 0.848 bits per heavy atom. The van der Waals surface area contributed by atoms with Crippen LogP contribution in [0.3, 0.4) is 0 Å². The summed E-state index contributed by atoms with van der Waals surface area (Å²) in [5.41, 5.74) is 2.53. The summed E-state index contributed by atoms with van der Waals surface area (Å²) in [4.78, 5) is 43.8. The molecule has 5 rings (SSSR count). The van der Waals surface area contributed by atoms with Crippen molar-refractivity contribution in [1.82, 2.24) is 9.47 Å². The minimum atomic E-state index is -0.364. The fourth-order valence-electron chi connectivity index (χ4n) is 4.71. The molecule has 0 unspecified atom stereocenters. The van der Waals surface area contributed by atoms with E-state index in [1.54, 1.807) is 23.2 Å². The fraction of sp³-hybridized carbons (Fsp3) is 0.269. The van der Waals surface area contributed by atoms with Gasteiger partial charge in [-0.05, 0) is 48.7 Å². The summed E-state index contributed by atoms with van der Waals surface area (Å²) in [7, 11) is 0. The van der Waals surface area contributed by atoms with Crippen LogP contribution in [-0.2, 0) is 6.42 Å². The van der Waals surface area contributed by atoms with Gasteiger partial charge in [0.05, 0.1) is 0 Å². The maximum atomic E-state index is 13.6. The quantitative estimate of drug-likeness (QED) is 0.592. The number of anilines is 1. The summed E-state index contributed by atoms with van der Waals surface area (Å²) in [5, 5.41) is 0.674. The number of nitrogens with zero attached hydrogens (tertiary/aromatic N) is 3. The number of ketones is 1. The largest absolute Gasteiger partial charge is 0.368 e. The molecule has 6 nitrogen and oxygen atoms in total. The number of para-hydroxylation sites is 1. The third-order valence-corrected chi connectivity index (χ3v) is 6.67. The Bertz CT molecular complexity index is 1280. The molecule has 0 bridgehead atoms. The summed E-state index contributed by atoms with van der Waals surface area (Å²) in [6.45, 7) is 2.28. The van der Waals surface area contributed by atoms with E-state index in [0.29, 0.717) is 67.3 Å². The number of hydrogen-bond acceptors (Lipinski definition) is 4. The van der Waals surface area contributed by atoms with Crippen LogP contribution in [0, 0.1) is 0 Å². The molecule has 2 aliphatic rings. The van der Waals surface area contributed by atoms with Crippen molar-refractivity contribution in [3.8, 4) is 5.69 Å². The number of halogens is 1. The first-order chi connectivity index (χ1) is 16.0. The average Bonchev–Trinajstić information content (AvgIpc) is 2.84. The molecule has 0 N–H and O–H groups in total. The maximum Gasteiger partial charge on any atom is 0.268 e. The zero-order valence-corrected chi connectivity index (χ0v) is 18.9. The third-order valence-electron chi connectivity index (χ3n) is 6.44. The zero-order valence-electron chi connectivity index (χ0n) is 18.2. The molecular formula is C26H24ClN3O3. The molecule has 1 amide bonds. The monoisotopic (exact) mass is 461 g/mol. The highest BCUT2D eigenvalue weighted by atomic mass is 35.5. The molecule has 1 aliphatic carbocycles. The van der Waals surface area contributed by atoms with Gasteiger partial charge in [0.15, 0.2) is 5.78 Å². The standard InChI is InChI=1S/C26H24ClN3O3/c27-18-6-4-9-20(16-18)28-12-14-29(15-13-28)25(32)24-21-10-5-11-23(31)22(21)17-30(26(24)33)19-7-2-1-3-8-19/h1-4,6-9,16-17H,5,10-15H2. The minimum absolute atomic E-state index is 0.0132. The second-order valence-electron chi connectivity index (χ2n) is 8.44. The molecule has 1 aromatic heterocycles.